The van der Waals surface area contributed by atoms with Crippen molar-refractivity contribution in [3.63, 3.8) is 0 Å². The molecule has 0 saturated carbocycles. The Morgan fingerprint density at radius 1 is 0.200 bits per heavy atom. The molecule has 0 aromatic heterocycles. The van der Waals surface area contributed by atoms with Crippen molar-refractivity contribution in [1.29, 1.82) is 0 Å². The Labute approximate surface area is 202 Å². The van der Waals surface area contributed by atoms with Gasteiger partial charge in [-0.15, -0.1) is 0 Å². The summed E-state index contributed by atoms with van der Waals surface area (Å²) in [6.45, 7) is 41.0. The van der Waals surface area contributed by atoms with Gasteiger partial charge in [0.05, 0.1) is 0 Å². The molecule has 0 aromatic carbocycles. The second-order valence-corrected chi connectivity index (χ2v) is 4.12. The zero-order chi connectivity index (χ0) is 27.1. The quantitative estimate of drug-likeness (QED) is 0.329. The largest absolute Gasteiger partial charge is 0.0683 e. The highest BCUT2D eigenvalue weighted by Crippen LogP contribution is 2.03. The molecule has 0 atom stereocenters. The molecule has 200 valence electrons. The van der Waals surface area contributed by atoms with E-state index in [9.17, 15) is 0 Å². The Hall–Kier alpha value is 0. The highest BCUT2D eigenvalue weighted by atomic mass is 13.9. The maximum atomic E-state index is 2.26. The van der Waals surface area contributed by atoms with E-state index < -0.39 is 0 Å². The van der Waals surface area contributed by atoms with E-state index in [1.54, 1.807) is 0 Å². The lowest BCUT2D eigenvalue weighted by atomic mass is 10.1. The molecule has 0 radical (unpaired) electrons. The van der Waals surface area contributed by atoms with Crippen LogP contribution >= 0.6 is 0 Å². The molecular weight excluding hydrogens is 360 g/mol. The van der Waals surface area contributed by atoms with Crippen LogP contribution in [0.25, 0.3) is 0 Å². The first-order valence-corrected chi connectivity index (χ1v) is 14.8. The molecule has 30 heavy (non-hydrogen) atoms. The van der Waals surface area contributed by atoms with Crippen molar-refractivity contribution in [2.75, 3.05) is 0 Å². The maximum Gasteiger partial charge on any atom is -0.0533 e. The van der Waals surface area contributed by atoms with Crippen LogP contribution in [-0.4, -0.2) is 0 Å². The van der Waals surface area contributed by atoms with Crippen molar-refractivity contribution in [2.24, 2.45) is 0 Å². The Morgan fingerprint density at radius 2 is 0.300 bits per heavy atom. The van der Waals surface area contributed by atoms with Crippen molar-refractivity contribution in [1.82, 2.24) is 0 Å². The monoisotopic (exact) mass is 441 g/mol. The summed E-state index contributed by atoms with van der Waals surface area (Å²) in [5.74, 6) is 0. The zero-order valence-corrected chi connectivity index (χ0v) is 27.1. The summed E-state index contributed by atoms with van der Waals surface area (Å²) >= 11 is 0. The first kappa shape index (κ1) is 63.1. The minimum atomic E-state index is 1.36. The predicted octanol–water partition coefficient (Wildman–Crippen LogP) is 14.2. The third kappa shape index (κ3) is 319. The minimum absolute atomic E-state index is 1.36. The summed E-state index contributed by atoms with van der Waals surface area (Å²) in [5, 5.41) is 0. The predicted molar refractivity (Wildman–Crippen MR) is 160 cm³/mol. The van der Waals surface area contributed by atoms with Crippen molar-refractivity contribution >= 4 is 0 Å². The van der Waals surface area contributed by atoms with Crippen LogP contribution in [0.2, 0.25) is 0 Å². The van der Waals surface area contributed by atoms with Gasteiger partial charge < -0.3 is 0 Å². The van der Waals surface area contributed by atoms with Crippen LogP contribution in [0.1, 0.15) is 203 Å². The summed E-state index contributed by atoms with van der Waals surface area (Å²) in [6, 6.07) is 0. The van der Waals surface area contributed by atoms with Crippen molar-refractivity contribution in [2.45, 2.75) is 203 Å². The molecule has 0 bridgehead atoms. The van der Waals surface area contributed by atoms with Gasteiger partial charge in [0.25, 0.3) is 0 Å². The summed E-state index contributed by atoms with van der Waals surface area (Å²) < 4.78 is 0. The fourth-order valence-electron chi connectivity index (χ4n) is 1.35. The first-order chi connectivity index (χ1) is 14.8. The van der Waals surface area contributed by atoms with E-state index in [2.05, 4.69) is 27.7 Å². The lowest BCUT2D eigenvalue weighted by Gasteiger charge is -1.93. The molecule has 0 heterocycles. The van der Waals surface area contributed by atoms with Gasteiger partial charge in [-0.25, -0.2) is 0 Å². The first-order valence-electron chi connectivity index (χ1n) is 14.8. The van der Waals surface area contributed by atoms with Gasteiger partial charge in [-0.1, -0.05) is 203 Å². The summed E-state index contributed by atoms with van der Waals surface area (Å²) in [5.41, 5.74) is 0. The Bertz CT molecular complexity index is 56.4. The van der Waals surface area contributed by atoms with E-state index in [0.717, 1.165) is 0 Å². The Kier molecular flexibility index (Phi) is 478. The number of unbranched alkanes of at least 4 members (excludes halogenated alkanes) is 8. The van der Waals surface area contributed by atoms with Gasteiger partial charge in [0.1, 0.15) is 0 Å². The van der Waals surface area contributed by atoms with Gasteiger partial charge in [0.15, 0.2) is 0 Å². The van der Waals surface area contributed by atoms with Gasteiger partial charge >= 0.3 is 0 Å². The second kappa shape index (κ2) is 227. The molecule has 0 heteroatoms. The molecule has 0 rings (SSSR count). The van der Waals surface area contributed by atoms with E-state index >= 15 is 0 Å². The molecule has 0 aliphatic carbocycles. The van der Waals surface area contributed by atoms with Crippen LogP contribution in [0.5, 0.6) is 0 Å². The Balaban J connectivity index is -0.0000000203. The fourth-order valence-corrected chi connectivity index (χ4v) is 1.35. The molecule has 0 aromatic rings. The minimum Gasteiger partial charge on any atom is -0.0683 e. The average Bonchev–Trinajstić information content (AvgIpc) is 2.90. The third-order valence-corrected chi connectivity index (χ3v) is 2.41. The highest BCUT2D eigenvalue weighted by Gasteiger charge is 1.83. The van der Waals surface area contributed by atoms with Gasteiger partial charge in [0.2, 0.25) is 0 Å². The standard InChI is InChI=1S/C8H18.C6H14.8C2H6/c1-3-5-7-8-6-4-2;1-3-5-6-4-2;8*1-2/h3-8H2,1-2H3;3-6H2,1-2H3;8*1-2H3. The number of rotatable bonds is 8. The van der Waals surface area contributed by atoms with Crippen LogP contribution < -0.4 is 0 Å². The van der Waals surface area contributed by atoms with E-state index in [0.29, 0.717) is 0 Å². The molecule has 0 unspecified atom stereocenters. The molecule has 0 fully saturated rings. The SMILES string of the molecule is CC.CC.CC.CC.CC.CC.CC.CC.CCCCCC.CCCCCCCC. The van der Waals surface area contributed by atoms with Crippen LogP contribution in [-0.2, 0) is 0 Å². The molecule has 0 aliphatic rings. The van der Waals surface area contributed by atoms with E-state index in [-0.39, 0.29) is 0 Å². The molecule has 0 N–H and O–H groups in total. The van der Waals surface area contributed by atoms with Crippen LogP contribution in [0.4, 0.5) is 0 Å². The van der Waals surface area contributed by atoms with E-state index in [1.165, 1.54) is 64.2 Å². The van der Waals surface area contributed by atoms with E-state index in [4.69, 9.17) is 0 Å². The molecule has 0 nitrogen and oxygen atoms in total. The second-order valence-electron chi connectivity index (χ2n) is 4.12. The van der Waals surface area contributed by atoms with Crippen molar-refractivity contribution in [3.8, 4) is 0 Å². The van der Waals surface area contributed by atoms with Crippen molar-refractivity contribution in [3.05, 3.63) is 0 Å². The van der Waals surface area contributed by atoms with Crippen LogP contribution in [0.3, 0.4) is 0 Å². The normalized spacial score (nSPS) is 6.00. The maximum absolute atomic E-state index is 2.26. The van der Waals surface area contributed by atoms with Gasteiger partial charge in [-0.3, -0.25) is 0 Å². The van der Waals surface area contributed by atoms with Gasteiger partial charge in [-0.2, -0.15) is 0 Å². The molecule has 0 aliphatic heterocycles. The highest BCUT2D eigenvalue weighted by molar-refractivity contribution is 4.39. The van der Waals surface area contributed by atoms with Crippen molar-refractivity contribution < 1.29 is 0 Å². The molecular formula is C30H80. The lowest BCUT2D eigenvalue weighted by molar-refractivity contribution is 0.624. The Morgan fingerprint density at radius 3 is 0.400 bits per heavy atom. The lowest BCUT2D eigenvalue weighted by Crippen LogP contribution is -1.73. The smallest absolute Gasteiger partial charge is 0.0533 e. The van der Waals surface area contributed by atoms with Crippen LogP contribution in [0, 0.1) is 0 Å². The van der Waals surface area contributed by atoms with E-state index in [1.807, 2.05) is 111 Å². The topological polar surface area (TPSA) is 0 Å². The third-order valence-electron chi connectivity index (χ3n) is 2.41. The molecule has 0 spiro atoms. The average molecular weight is 441 g/mol. The van der Waals surface area contributed by atoms with Gasteiger partial charge in [0, 0.05) is 0 Å². The number of hydrogen-bond donors (Lipinski definition) is 0. The number of hydrogen-bond acceptors (Lipinski definition) is 0. The molecule has 0 amide bonds. The fraction of sp³-hybridized carbons (Fsp3) is 1.00. The molecule has 0 saturated heterocycles. The zero-order valence-electron chi connectivity index (χ0n) is 27.1. The summed E-state index contributed by atoms with van der Waals surface area (Å²) in [6.07, 6.45) is 14.0. The van der Waals surface area contributed by atoms with Gasteiger partial charge in [-0.05, 0) is 0 Å². The van der Waals surface area contributed by atoms with Crippen LogP contribution in [0.15, 0.2) is 0 Å². The summed E-state index contributed by atoms with van der Waals surface area (Å²) in [7, 11) is 0. The summed E-state index contributed by atoms with van der Waals surface area (Å²) in [4.78, 5) is 0.